The highest BCUT2D eigenvalue weighted by Crippen LogP contribution is 2.26. The van der Waals surface area contributed by atoms with Crippen LogP contribution in [0.5, 0.6) is 0 Å². The number of carboxylic acids is 1. The zero-order chi connectivity index (χ0) is 13.3. The van der Waals surface area contributed by atoms with E-state index in [1.54, 1.807) is 0 Å². The molecule has 0 fully saturated rings. The summed E-state index contributed by atoms with van der Waals surface area (Å²) >= 11 is -2.73. The predicted molar refractivity (Wildman–Crippen MR) is 61.1 cm³/mol. The van der Waals surface area contributed by atoms with E-state index < -0.39 is 28.7 Å². The Balaban J connectivity index is 2.65. The number of nitrogens with zero attached hydrogens (tertiary/aromatic N) is 1. The summed E-state index contributed by atoms with van der Waals surface area (Å²) in [5.74, 6) is -1.93. The Morgan fingerprint density at radius 1 is 1.39 bits per heavy atom. The molecule has 1 heterocycles. The zero-order valence-corrected chi connectivity index (χ0v) is 9.69. The van der Waals surface area contributed by atoms with Crippen molar-refractivity contribution in [2.75, 3.05) is 0 Å². The van der Waals surface area contributed by atoms with Gasteiger partial charge in [0.2, 0.25) is 0 Å². The summed E-state index contributed by atoms with van der Waals surface area (Å²) in [4.78, 5) is 11.1. The largest absolute Gasteiger partial charge is 0.755 e. The van der Waals surface area contributed by atoms with Crippen LogP contribution < -0.4 is 0 Å². The normalized spacial score (nSPS) is 12.3. The van der Waals surface area contributed by atoms with Crippen molar-refractivity contribution in [3.8, 4) is 11.1 Å². The van der Waals surface area contributed by atoms with Crippen molar-refractivity contribution >= 4 is 17.2 Å². The van der Waals surface area contributed by atoms with E-state index in [1.165, 1.54) is 24.3 Å². The first kappa shape index (κ1) is 12.5. The van der Waals surface area contributed by atoms with Gasteiger partial charge in [-0.25, -0.2) is 9.18 Å². The van der Waals surface area contributed by atoms with Crippen molar-refractivity contribution in [3.05, 3.63) is 48.0 Å². The van der Waals surface area contributed by atoms with E-state index in [1.807, 2.05) is 0 Å². The third kappa shape index (κ3) is 2.18. The van der Waals surface area contributed by atoms with E-state index in [0.717, 1.165) is 12.3 Å². The molecular weight excluding hydrogens is 261 g/mol. The Morgan fingerprint density at radius 3 is 2.67 bits per heavy atom. The summed E-state index contributed by atoms with van der Waals surface area (Å²) in [7, 11) is 0. The number of halogens is 1. The van der Waals surface area contributed by atoms with Crippen LogP contribution in [0.2, 0.25) is 0 Å². The standard InChI is InChI=1S/C11H8FNO4S/c12-8-3-1-2-7(6-8)9-4-5-13(18(16)17)10(9)11(14)15/h1-6H,(H,14,15)(H,16,17)/p-1. The first-order valence-corrected chi connectivity index (χ1v) is 5.84. The maximum Gasteiger partial charge on any atom is 0.354 e. The van der Waals surface area contributed by atoms with Crippen LogP contribution in [0.15, 0.2) is 36.5 Å². The van der Waals surface area contributed by atoms with E-state index in [9.17, 15) is 17.9 Å². The fraction of sp³-hybridized carbons (Fsp3) is 0. The number of carbonyl (C=O) groups is 1. The second-order valence-electron chi connectivity index (χ2n) is 3.44. The van der Waals surface area contributed by atoms with Crippen molar-refractivity contribution in [1.82, 2.24) is 3.97 Å². The van der Waals surface area contributed by atoms with Gasteiger partial charge in [0.15, 0.2) is 0 Å². The number of hydrogen-bond donors (Lipinski definition) is 1. The highest BCUT2D eigenvalue weighted by atomic mass is 32.2. The van der Waals surface area contributed by atoms with E-state index in [2.05, 4.69) is 0 Å². The van der Waals surface area contributed by atoms with Gasteiger partial charge in [0, 0.05) is 11.8 Å². The number of aromatic nitrogens is 1. The van der Waals surface area contributed by atoms with Gasteiger partial charge in [-0.05, 0) is 23.8 Å². The molecule has 0 aliphatic carbocycles. The van der Waals surface area contributed by atoms with Crippen LogP contribution in [0.4, 0.5) is 4.39 Å². The molecular formula is C11H7FNO4S-. The fourth-order valence-electron chi connectivity index (χ4n) is 1.64. The molecule has 0 amide bonds. The average molecular weight is 268 g/mol. The molecule has 1 N–H and O–H groups in total. The lowest BCUT2D eigenvalue weighted by Gasteiger charge is -2.09. The molecule has 1 aromatic heterocycles. The molecule has 0 radical (unpaired) electrons. The summed E-state index contributed by atoms with van der Waals surface area (Å²) in [6.45, 7) is 0. The maximum atomic E-state index is 13.1. The smallest absolute Gasteiger partial charge is 0.354 e. The van der Waals surface area contributed by atoms with Crippen LogP contribution in [0, 0.1) is 5.82 Å². The molecule has 0 bridgehead atoms. The topological polar surface area (TPSA) is 82.4 Å². The summed E-state index contributed by atoms with van der Waals surface area (Å²) in [5, 5.41) is 9.03. The van der Waals surface area contributed by atoms with Crippen LogP contribution in [0.1, 0.15) is 10.5 Å². The Kier molecular flexibility index (Phi) is 3.26. The van der Waals surface area contributed by atoms with Crippen LogP contribution in [0.3, 0.4) is 0 Å². The molecule has 18 heavy (non-hydrogen) atoms. The summed E-state index contributed by atoms with van der Waals surface area (Å²) < 4.78 is 35.4. The van der Waals surface area contributed by atoms with Crippen LogP contribution >= 0.6 is 0 Å². The van der Waals surface area contributed by atoms with Gasteiger partial charge in [-0.2, -0.15) is 0 Å². The number of carboxylic acid groups (broad SMARTS) is 1. The second-order valence-corrected chi connectivity index (χ2v) is 4.26. The molecule has 0 saturated carbocycles. The second kappa shape index (κ2) is 4.71. The van der Waals surface area contributed by atoms with Gasteiger partial charge in [0.05, 0.1) is 11.3 Å². The average Bonchev–Trinajstić information content (AvgIpc) is 2.73. The molecule has 0 aliphatic rings. The van der Waals surface area contributed by atoms with Gasteiger partial charge < -0.3 is 9.66 Å². The third-order valence-electron chi connectivity index (χ3n) is 2.35. The Morgan fingerprint density at radius 2 is 2.11 bits per heavy atom. The summed E-state index contributed by atoms with van der Waals surface area (Å²) in [5.41, 5.74) is 0.0248. The maximum absolute atomic E-state index is 13.1. The molecule has 2 rings (SSSR count). The lowest BCUT2D eigenvalue weighted by molar-refractivity contribution is 0.0690. The Labute approximate surface area is 104 Å². The van der Waals surface area contributed by atoms with Gasteiger partial charge in [-0.3, -0.25) is 8.18 Å². The molecule has 7 heteroatoms. The van der Waals surface area contributed by atoms with Gasteiger partial charge >= 0.3 is 5.97 Å². The SMILES string of the molecule is O=C(O)c1c(-c2cccc(F)c2)ccn1S(=O)[O-]. The number of aromatic carboxylic acids is 1. The van der Waals surface area contributed by atoms with E-state index in [-0.39, 0.29) is 5.56 Å². The lowest BCUT2D eigenvalue weighted by atomic mass is 10.1. The van der Waals surface area contributed by atoms with Crippen LogP contribution in [0.25, 0.3) is 11.1 Å². The van der Waals surface area contributed by atoms with Crippen molar-refractivity contribution in [2.45, 2.75) is 0 Å². The summed E-state index contributed by atoms with van der Waals surface area (Å²) in [6, 6.07) is 6.59. The minimum Gasteiger partial charge on any atom is -0.755 e. The quantitative estimate of drug-likeness (QED) is 0.858. The minimum atomic E-state index is -2.73. The molecule has 1 unspecified atom stereocenters. The Hall–Kier alpha value is -1.99. The molecule has 1 atom stereocenters. The van der Waals surface area contributed by atoms with Gasteiger partial charge in [-0.1, -0.05) is 12.1 Å². The van der Waals surface area contributed by atoms with Gasteiger partial charge in [0.1, 0.15) is 11.5 Å². The molecule has 5 nitrogen and oxygen atoms in total. The zero-order valence-electron chi connectivity index (χ0n) is 8.87. The fourth-order valence-corrected chi connectivity index (χ4v) is 2.12. The Bertz CT molecular complexity index is 638. The van der Waals surface area contributed by atoms with Gasteiger partial charge in [-0.15, -0.1) is 0 Å². The van der Waals surface area contributed by atoms with Crippen molar-refractivity contribution in [2.24, 2.45) is 0 Å². The predicted octanol–water partition coefficient (Wildman–Crippen LogP) is 1.63. The summed E-state index contributed by atoms with van der Waals surface area (Å²) in [6.07, 6.45) is 1.10. The van der Waals surface area contributed by atoms with Gasteiger partial charge in [0.25, 0.3) is 0 Å². The number of hydrogen-bond acceptors (Lipinski definition) is 3. The van der Waals surface area contributed by atoms with E-state index >= 15 is 0 Å². The molecule has 0 saturated heterocycles. The van der Waals surface area contributed by atoms with Crippen molar-refractivity contribution < 1.29 is 23.1 Å². The molecule has 0 aliphatic heterocycles. The highest BCUT2D eigenvalue weighted by Gasteiger charge is 2.18. The first-order chi connectivity index (χ1) is 8.50. The van der Waals surface area contributed by atoms with Crippen LogP contribution in [-0.4, -0.2) is 23.8 Å². The third-order valence-corrected chi connectivity index (χ3v) is 2.98. The van der Waals surface area contributed by atoms with Crippen LogP contribution in [-0.2, 0) is 11.3 Å². The lowest BCUT2D eigenvalue weighted by Crippen LogP contribution is -2.11. The van der Waals surface area contributed by atoms with Crippen molar-refractivity contribution in [3.63, 3.8) is 0 Å². The molecule has 94 valence electrons. The minimum absolute atomic E-state index is 0.145. The van der Waals surface area contributed by atoms with E-state index in [4.69, 9.17) is 5.11 Å². The monoisotopic (exact) mass is 268 g/mol. The van der Waals surface area contributed by atoms with Crippen molar-refractivity contribution in [1.29, 1.82) is 0 Å². The molecule has 1 aromatic carbocycles. The first-order valence-electron chi connectivity index (χ1n) is 4.81. The molecule has 0 spiro atoms. The number of rotatable bonds is 3. The molecule has 2 aromatic rings. The number of benzene rings is 1. The van der Waals surface area contributed by atoms with E-state index in [0.29, 0.717) is 9.54 Å². The highest BCUT2D eigenvalue weighted by molar-refractivity contribution is 7.77.